The molecule has 0 fully saturated rings. The summed E-state index contributed by atoms with van der Waals surface area (Å²) in [5, 5.41) is 3.26. The Kier molecular flexibility index (Phi) is 3.32. The largest absolute Gasteiger partial charge is 0.378 e. The maximum Gasteiger partial charge on any atom is 0.249 e. The number of primary amides is 1. The lowest BCUT2D eigenvalue weighted by atomic mass is 10.1. The van der Waals surface area contributed by atoms with Gasteiger partial charge in [-0.2, -0.15) is 0 Å². The molecule has 3 N–H and O–H groups in total. The molecule has 0 aliphatic heterocycles. The first-order chi connectivity index (χ1) is 8.59. The summed E-state index contributed by atoms with van der Waals surface area (Å²) in [6, 6.07) is 5.46. The monoisotopic (exact) mass is 244 g/mol. The summed E-state index contributed by atoms with van der Waals surface area (Å²) >= 11 is 0. The summed E-state index contributed by atoms with van der Waals surface area (Å²) in [5.74, 6) is 0.520. The van der Waals surface area contributed by atoms with Gasteiger partial charge in [-0.3, -0.25) is 4.79 Å². The predicted octanol–water partition coefficient (Wildman–Crippen LogP) is 1.44. The zero-order chi connectivity index (χ0) is 13.1. The zero-order valence-electron chi connectivity index (χ0n) is 10.5. The Balaban J connectivity index is 2.17. The molecule has 0 atom stereocenters. The average Bonchev–Trinajstić information content (AvgIpc) is 2.73. The van der Waals surface area contributed by atoms with Gasteiger partial charge in [0.25, 0.3) is 0 Å². The summed E-state index contributed by atoms with van der Waals surface area (Å²) in [7, 11) is 1.94. The van der Waals surface area contributed by atoms with Crippen LogP contribution in [0, 0.1) is 6.92 Å². The van der Waals surface area contributed by atoms with Gasteiger partial charge in [0.15, 0.2) is 0 Å². The molecule has 94 valence electrons. The van der Waals surface area contributed by atoms with Crippen molar-refractivity contribution in [3.63, 3.8) is 0 Å². The summed E-state index contributed by atoms with van der Waals surface area (Å²) in [6.07, 6.45) is 3.65. The van der Waals surface area contributed by atoms with Crippen LogP contribution in [0.2, 0.25) is 0 Å². The predicted molar refractivity (Wildman–Crippen MR) is 70.2 cm³/mol. The molecule has 1 amide bonds. The highest BCUT2D eigenvalue weighted by Gasteiger charge is 2.08. The van der Waals surface area contributed by atoms with Gasteiger partial charge in [0.2, 0.25) is 5.91 Å². The third kappa shape index (κ3) is 2.34. The van der Waals surface area contributed by atoms with Crippen molar-refractivity contribution >= 4 is 11.6 Å². The molecule has 0 saturated heterocycles. The number of hydrogen-bond donors (Lipinski definition) is 2. The van der Waals surface area contributed by atoms with E-state index < -0.39 is 5.91 Å². The quantitative estimate of drug-likeness (QED) is 0.854. The van der Waals surface area contributed by atoms with Crippen molar-refractivity contribution in [2.75, 3.05) is 5.32 Å². The van der Waals surface area contributed by atoms with E-state index in [0.717, 1.165) is 17.1 Å². The molecule has 5 heteroatoms. The van der Waals surface area contributed by atoms with Gasteiger partial charge in [0.1, 0.15) is 5.82 Å². The van der Waals surface area contributed by atoms with Crippen molar-refractivity contribution < 1.29 is 4.79 Å². The fourth-order valence-corrected chi connectivity index (χ4v) is 1.84. The molecular formula is C13H16N4O. The van der Waals surface area contributed by atoms with Crippen LogP contribution < -0.4 is 11.1 Å². The Morgan fingerprint density at radius 3 is 2.89 bits per heavy atom. The van der Waals surface area contributed by atoms with Gasteiger partial charge in [-0.1, -0.05) is 6.07 Å². The molecule has 0 unspecified atom stereocenters. The van der Waals surface area contributed by atoms with Gasteiger partial charge in [0, 0.05) is 30.7 Å². The second-order valence-electron chi connectivity index (χ2n) is 4.15. The SMILES string of the molecule is Cc1c(NCc2nccn2C)cccc1C(N)=O. The molecule has 1 aromatic heterocycles. The maximum atomic E-state index is 11.2. The summed E-state index contributed by atoms with van der Waals surface area (Å²) in [5.41, 5.74) is 7.61. The average molecular weight is 244 g/mol. The van der Waals surface area contributed by atoms with Crippen LogP contribution in [0.5, 0.6) is 0 Å². The molecule has 2 aromatic rings. The van der Waals surface area contributed by atoms with Gasteiger partial charge in [-0.25, -0.2) is 4.98 Å². The van der Waals surface area contributed by atoms with Gasteiger partial charge < -0.3 is 15.6 Å². The Bertz CT molecular complexity index is 574. The number of nitrogens with zero attached hydrogens (tertiary/aromatic N) is 2. The zero-order valence-corrected chi connectivity index (χ0v) is 10.5. The lowest BCUT2D eigenvalue weighted by Crippen LogP contribution is -2.14. The molecule has 0 saturated carbocycles. The molecule has 5 nitrogen and oxygen atoms in total. The van der Waals surface area contributed by atoms with Crippen LogP contribution in [0.15, 0.2) is 30.6 Å². The van der Waals surface area contributed by atoms with E-state index in [1.165, 1.54) is 0 Å². The van der Waals surface area contributed by atoms with Crippen molar-refractivity contribution in [2.45, 2.75) is 13.5 Å². The molecule has 0 aliphatic rings. The standard InChI is InChI=1S/C13H16N4O/c1-9-10(13(14)18)4-3-5-11(9)16-8-12-15-6-7-17(12)2/h3-7,16H,8H2,1-2H3,(H2,14,18). The molecule has 0 radical (unpaired) electrons. The number of amides is 1. The number of benzene rings is 1. The maximum absolute atomic E-state index is 11.2. The molecular weight excluding hydrogens is 228 g/mol. The van der Waals surface area contributed by atoms with E-state index in [4.69, 9.17) is 5.73 Å². The van der Waals surface area contributed by atoms with Gasteiger partial charge in [-0.05, 0) is 24.6 Å². The third-order valence-corrected chi connectivity index (χ3v) is 2.96. The summed E-state index contributed by atoms with van der Waals surface area (Å²) in [4.78, 5) is 15.5. The van der Waals surface area contributed by atoms with E-state index >= 15 is 0 Å². The second-order valence-corrected chi connectivity index (χ2v) is 4.15. The van der Waals surface area contributed by atoms with Crippen molar-refractivity contribution in [1.29, 1.82) is 0 Å². The Morgan fingerprint density at radius 1 is 1.50 bits per heavy atom. The number of anilines is 1. The van der Waals surface area contributed by atoms with E-state index in [1.54, 1.807) is 12.3 Å². The van der Waals surface area contributed by atoms with Crippen molar-refractivity contribution in [1.82, 2.24) is 9.55 Å². The number of hydrogen-bond acceptors (Lipinski definition) is 3. The lowest BCUT2D eigenvalue weighted by molar-refractivity contribution is 0.1000. The van der Waals surface area contributed by atoms with Crippen LogP contribution in [0.1, 0.15) is 21.7 Å². The van der Waals surface area contributed by atoms with Crippen LogP contribution in [0.3, 0.4) is 0 Å². The number of rotatable bonds is 4. The number of nitrogens with one attached hydrogen (secondary N) is 1. The lowest BCUT2D eigenvalue weighted by Gasteiger charge is -2.11. The Hall–Kier alpha value is -2.30. The minimum absolute atomic E-state index is 0.409. The van der Waals surface area contributed by atoms with Crippen LogP contribution >= 0.6 is 0 Å². The topological polar surface area (TPSA) is 72.9 Å². The summed E-state index contributed by atoms with van der Waals surface area (Å²) < 4.78 is 1.94. The van der Waals surface area contributed by atoms with Gasteiger partial charge in [-0.15, -0.1) is 0 Å². The van der Waals surface area contributed by atoms with E-state index in [-0.39, 0.29) is 0 Å². The fraction of sp³-hybridized carbons (Fsp3) is 0.231. The molecule has 0 bridgehead atoms. The Labute approximate surface area is 106 Å². The first-order valence-electron chi connectivity index (χ1n) is 5.69. The molecule has 1 aromatic carbocycles. The Morgan fingerprint density at radius 2 is 2.28 bits per heavy atom. The third-order valence-electron chi connectivity index (χ3n) is 2.96. The van der Waals surface area contributed by atoms with Crippen molar-refractivity contribution in [3.05, 3.63) is 47.5 Å². The number of aryl methyl sites for hydroxylation is 1. The number of carbonyl (C=O) groups is 1. The van der Waals surface area contributed by atoms with Crippen molar-refractivity contribution in [3.8, 4) is 0 Å². The number of aromatic nitrogens is 2. The molecule has 1 heterocycles. The van der Waals surface area contributed by atoms with E-state index in [0.29, 0.717) is 12.1 Å². The van der Waals surface area contributed by atoms with E-state index in [2.05, 4.69) is 10.3 Å². The molecule has 18 heavy (non-hydrogen) atoms. The second kappa shape index (κ2) is 4.91. The first kappa shape index (κ1) is 12.2. The number of imidazole rings is 1. The normalized spacial score (nSPS) is 10.3. The highest BCUT2D eigenvalue weighted by Crippen LogP contribution is 2.19. The van der Waals surface area contributed by atoms with Crippen molar-refractivity contribution in [2.24, 2.45) is 12.8 Å². The smallest absolute Gasteiger partial charge is 0.249 e. The van der Waals surface area contributed by atoms with Crippen LogP contribution in [-0.4, -0.2) is 15.5 Å². The molecule has 0 aliphatic carbocycles. The summed E-state index contributed by atoms with van der Waals surface area (Å²) in [6.45, 7) is 2.48. The van der Waals surface area contributed by atoms with E-state index in [9.17, 15) is 4.79 Å². The minimum Gasteiger partial charge on any atom is -0.378 e. The van der Waals surface area contributed by atoms with Crippen LogP contribution in [0.4, 0.5) is 5.69 Å². The van der Waals surface area contributed by atoms with Gasteiger partial charge >= 0.3 is 0 Å². The first-order valence-corrected chi connectivity index (χ1v) is 5.69. The minimum atomic E-state index is -0.409. The van der Waals surface area contributed by atoms with Gasteiger partial charge in [0.05, 0.1) is 6.54 Å². The number of nitrogens with two attached hydrogens (primary N) is 1. The number of carbonyl (C=O) groups excluding carboxylic acids is 1. The van der Waals surface area contributed by atoms with Crippen LogP contribution in [0.25, 0.3) is 0 Å². The molecule has 2 rings (SSSR count). The highest BCUT2D eigenvalue weighted by molar-refractivity contribution is 5.95. The van der Waals surface area contributed by atoms with E-state index in [1.807, 2.05) is 36.9 Å². The van der Waals surface area contributed by atoms with Crippen LogP contribution in [-0.2, 0) is 13.6 Å². The highest BCUT2D eigenvalue weighted by atomic mass is 16.1. The molecule has 0 spiro atoms. The fourth-order valence-electron chi connectivity index (χ4n) is 1.84.